The van der Waals surface area contributed by atoms with Crippen LogP contribution >= 0.6 is 0 Å². The Bertz CT molecular complexity index is 720. The molecule has 0 spiro atoms. The summed E-state index contributed by atoms with van der Waals surface area (Å²) in [5.74, 6) is -5.10. The molecule has 1 rings (SSSR count). The van der Waals surface area contributed by atoms with Crippen molar-refractivity contribution in [1.29, 1.82) is 0 Å². The first-order chi connectivity index (χ1) is 14.4. The first-order valence-electron chi connectivity index (χ1n) is 9.58. The van der Waals surface area contributed by atoms with E-state index in [0.29, 0.717) is 0 Å². The first-order valence-corrected chi connectivity index (χ1v) is 9.58. The molecule has 12 heteroatoms. The molecule has 1 saturated heterocycles. The minimum atomic E-state index is -1.57. The van der Waals surface area contributed by atoms with Crippen LogP contribution in [0.2, 0.25) is 0 Å². The van der Waals surface area contributed by atoms with Gasteiger partial charge in [0.1, 0.15) is 12.7 Å². The van der Waals surface area contributed by atoms with E-state index in [2.05, 4.69) is 5.32 Å². The molecule has 0 radical (unpaired) electrons. The number of rotatable bonds is 10. The number of aliphatic carboxylic acids is 1. The summed E-state index contributed by atoms with van der Waals surface area (Å²) in [6.45, 7) is 4.32. The second-order valence-corrected chi connectivity index (χ2v) is 7.01. The van der Waals surface area contributed by atoms with Gasteiger partial charge in [-0.3, -0.25) is 24.0 Å². The van der Waals surface area contributed by atoms with Gasteiger partial charge >= 0.3 is 23.9 Å². The molecule has 0 aromatic rings. The third-order valence-corrected chi connectivity index (χ3v) is 4.35. The van der Waals surface area contributed by atoms with Gasteiger partial charge in [0.05, 0.1) is 12.1 Å². The maximum absolute atomic E-state index is 11.8. The fraction of sp³-hybridized carbons (Fsp3) is 0.684. The average molecular weight is 445 g/mol. The van der Waals surface area contributed by atoms with E-state index in [1.54, 1.807) is 0 Å². The van der Waals surface area contributed by atoms with E-state index in [1.807, 2.05) is 0 Å². The minimum absolute atomic E-state index is 0.0944. The number of carboxylic acids is 1. The molecule has 2 N–H and O–H groups in total. The van der Waals surface area contributed by atoms with Gasteiger partial charge in [-0.25, -0.2) is 4.79 Å². The Morgan fingerprint density at radius 1 is 0.871 bits per heavy atom. The lowest BCUT2D eigenvalue weighted by molar-refractivity contribution is -0.224. The Morgan fingerprint density at radius 3 is 1.94 bits per heavy atom. The SMILES string of the molecule is CC(=O)NC1C(CCCC(=O)C(=O)O)OC(COC(C)=O)C(OC(C)=O)C1OC(C)=O. The molecule has 1 amide bonds. The van der Waals surface area contributed by atoms with E-state index in [-0.39, 0.29) is 25.9 Å². The third-order valence-electron chi connectivity index (χ3n) is 4.35. The van der Waals surface area contributed by atoms with Crippen molar-refractivity contribution in [3.8, 4) is 0 Å². The molecule has 31 heavy (non-hydrogen) atoms. The zero-order valence-electron chi connectivity index (χ0n) is 17.7. The van der Waals surface area contributed by atoms with Crippen molar-refractivity contribution >= 4 is 35.6 Å². The Balaban J connectivity index is 3.21. The van der Waals surface area contributed by atoms with Gasteiger partial charge in [-0.15, -0.1) is 0 Å². The van der Waals surface area contributed by atoms with Crippen LogP contribution in [0.4, 0.5) is 0 Å². The molecule has 0 saturated carbocycles. The minimum Gasteiger partial charge on any atom is -0.476 e. The van der Waals surface area contributed by atoms with E-state index < -0.39 is 66.0 Å². The van der Waals surface area contributed by atoms with Crippen LogP contribution in [0, 0.1) is 0 Å². The van der Waals surface area contributed by atoms with Gasteiger partial charge in [0.2, 0.25) is 11.7 Å². The van der Waals surface area contributed by atoms with Crippen LogP contribution < -0.4 is 5.32 Å². The van der Waals surface area contributed by atoms with E-state index in [9.17, 15) is 28.8 Å². The molecule has 0 aromatic carbocycles. The fourth-order valence-corrected chi connectivity index (χ4v) is 3.24. The van der Waals surface area contributed by atoms with E-state index in [1.165, 1.54) is 13.8 Å². The maximum atomic E-state index is 11.8. The number of carbonyl (C=O) groups is 6. The summed E-state index contributed by atoms with van der Waals surface area (Å²) in [6.07, 6.45) is -4.36. The highest BCUT2D eigenvalue weighted by Gasteiger charge is 2.50. The van der Waals surface area contributed by atoms with Crippen molar-refractivity contribution in [2.45, 2.75) is 77.4 Å². The van der Waals surface area contributed by atoms with Gasteiger partial charge < -0.3 is 29.4 Å². The lowest BCUT2D eigenvalue weighted by atomic mass is 9.89. The maximum Gasteiger partial charge on any atom is 0.372 e. The summed E-state index contributed by atoms with van der Waals surface area (Å²) in [5, 5.41) is 11.3. The summed E-state index contributed by atoms with van der Waals surface area (Å²) in [7, 11) is 0. The number of hydrogen-bond acceptors (Lipinski definition) is 10. The molecule has 174 valence electrons. The number of carbonyl (C=O) groups excluding carboxylic acids is 5. The first kappa shape index (κ1) is 26.0. The molecule has 1 aliphatic rings. The van der Waals surface area contributed by atoms with E-state index in [0.717, 1.165) is 13.8 Å². The van der Waals surface area contributed by atoms with Crippen LogP contribution in [-0.2, 0) is 47.7 Å². The Labute approximate surface area is 178 Å². The van der Waals surface area contributed by atoms with Crippen LogP contribution in [0.25, 0.3) is 0 Å². The summed E-state index contributed by atoms with van der Waals surface area (Å²) in [6, 6.07) is -0.973. The molecular formula is C19H27NO11. The molecule has 5 unspecified atom stereocenters. The van der Waals surface area contributed by atoms with Crippen molar-refractivity contribution in [3.05, 3.63) is 0 Å². The molecule has 1 heterocycles. The summed E-state index contributed by atoms with van der Waals surface area (Å²) in [4.78, 5) is 68.5. The van der Waals surface area contributed by atoms with Crippen molar-refractivity contribution in [3.63, 3.8) is 0 Å². The van der Waals surface area contributed by atoms with Crippen LogP contribution in [0.5, 0.6) is 0 Å². The number of ketones is 1. The predicted octanol–water partition coefficient (Wildman–Crippen LogP) is -0.491. The fourth-order valence-electron chi connectivity index (χ4n) is 3.24. The quantitative estimate of drug-likeness (QED) is 0.252. The topological polar surface area (TPSA) is 172 Å². The van der Waals surface area contributed by atoms with E-state index in [4.69, 9.17) is 24.1 Å². The van der Waals surface area contributed by atoms with Crippen LogP contribution in [0.1, 0.15) is 47.0 Å². The highest BCUT2D eigenvalue weighted by molar-refractivity contribution is 6.32. The average Bonchev–Trinajstić information content (AvgIpc) is 2.63. The summed E-state index contributed by atoms with van der Waals surface area (Å²) < 4.78 is 21.5. The van der Waals surface area contributed by atoms with Gasteiger partial charge in [-0.05, 0) is 12.8 Å². The second-order valence-electron chi connectivity index (χ2n) is 7.01. The largest absolute Gasteiger partial charge is 0.476 e. The molecule has 12 nitrogen and oxygen atoms in total. The zero-order valence-corrected chi connectivity index (χ0v) is 17.7. The van der Waals surface area contributed by atoms with Crippen molar-refractivity contribution in [2.24, 2.45) is 0 Å². The number of ether oxygens (including phenoxy) is 4. The number of nitrogens with one attached hydrogen (secondary N) is 1. The predicted molar refractivity (Wildman–Crippen MR) is 101 cm³/mol. The Hall–Kier alpha value is -3.02. The molecule has 0 aliphatic carbocycles. The highest BCUT2D eigenvalue weighted by Crippen LogP contribution is 2.29. The number of Topliss-reactive ketones (excluding diaryl/α,β-unsaturated/α-hetero) is 1. The van der Waals surface area contributed by atoms with Gasteiger partial charge in [0, 0.05) is 34.1 Å². The Morgan fingerprint density at radius 2 is 1.45 bits per heavy atom. The van der Waals surface area contributed by atoms with Gasteiger partial charge in [-0.1, -0.05) is 0 Å². The second kappa shape index (κ2) is 12.0. The molecule has 0 aromatic heterocycles. The van der Waals surface area contributed by atoms with Gasteiger partial charge in [-0.2, -0.15) is 0 Å². The number of hydrogen-bond donors (Lipinski definition) is 2. The normalized spacial score (nSPS) is 25.1. The summed E-state index contributed by atoms with van der Waals surface area (Å²) >= 11 is 0. The summed E-state index contributed by atoms with van der Waals surface area (Å²) in [5.41, 5.74) is 0. The van der Waals surface area contributed by atoms with Gasteiger partial charge in [0.25, 0.3) is 0 Å². The van der Waals surface area contributed by atoms with E-state index >= 15 is 0 Å². The molecular weight excluding hydrogens is 418 g/mol. The van der Waals surface area contributed by atoms with Crippen molar-refractivity contribution < 1.29 is 52.8 Å². The Kier molecular flexibility index (Phi) is 10.1. The van der Waals surface area contributed by atoms with Crippen LogP contribution in [0.3, 0.4) is 0 Å². The molecule has 1 fully saturated rings. The van der Waals surface area contributed by atoms with Crippen molar-refractivity contribution in [1.82, 2.24) is 5.32 Å². The standard InChI is InChI=1S/C19H27NO11/c1-9(21)20-16-14(7-5-6-13(25)19(26)27)31-15(8-28-10(2)22)17(29-11(3)23)18(16)30-12(4)24/h14-18H,5-8H2,1-4H3,(H,20,21)(H,26,27). The zero-order chi connectivity index (χ0) is 23.7. The third kappa shape index (κ3) is 8.70. The van der Waals surface area contributed by atoms with Crippen LogP contribution in [-0.4, -0.2) is 77.7 Å². The lowest BCUT2D eigenvalue weighted by Gasteiger charge is -2.45. The monoisotopic (exact) mass is 445 g/mol. The van der Waals surface area contributed by atoms with Crippen LogP contribution in [0.15, 0.2) is 0 Å². The molecule has 0 bridgehead atoms. The number of amides is 1. The number of esters is 3. The molecule has 1 aliphatic heterocycles. The molecule has 5 atom stereocenters. The smallest absolute Gasteiger partial charge is 0.372 e. The lowest BCUT2D eigenvalue weighted by Crippen LogP contribution is -2.66. The van der Waals surface area contributed by atoms with Crippen molar-refractivity contribution in [2.75, 3.05) is 6.61 Å². The number of carboxylic acid groups (broad SMARTS) is 1. The van der Waals surface area contributed by atoms with Gasteiger partial charge in [0.15, 0.2) is 12.2 Å². The highest BCUT2D eigenvalue weighted by atomic mass is 16.6.